The number of piperidine rings is 2. The molecule has 2 saturated heterocycles. The third kappa shape index (κ3) is 6.07. The van der Waals surface area contributed by atoms with Gasteiger partial charge in [0.1, 0.15) is 0 Å². The van der Waals surface area contributed by atoms with Crippen molar-refractivity contribution in [2.45, 2.75) is 82.7 Å². The maximum Gasteiger partial charge on any atom is 0.223 e. The fourth-order valence-corrected chi connectivity index (χ4v) is 5.88. The first-order chi connectivity index (χ1) is 14.8. The zero-order chi connectivity index (χ0) is 20.6. The molecular formula is C26H41N3O. The van der Waals surface area contributed by atoms with Crippen molar-refractivity contribution in [3.05, 3.63) is 35.9 Å². The van der Waals surface area contributed by atoms with Crippen molar-refractivity contribution < 1.29 is 4.79 Å². The number of benzene rings is 1. The van der Waals surface area contributed by atoms with Gasteiger partial charge in [-0.2, -0.15) is 0 Å². The molecule has 1 aromatic rings. The molecule has 2 aliphatic heterocycles. The van der Waals surface area contributed by atoms with E-state index in [0.717, 1.165) is 51.0 Å². The van der Waals surface area contributed by atoms with Gasteiger partial charge >= 0.3 is 0 Å². The first-order valence-corrected chi connectivity index (χ1v) is 12.6. The van der Waals surface area contributed by atoms with Gasteiger partial charge in [-0.3, -0.25) is 4.79 Å². The molecule has 3 fully saturated rings. The van der Waals surface area contributed by atoms with Gasteiger partial charge in [-0.05, 0) is 76.7 Å². The Kier molecular flexibility index (Phi) is 8.22. The van der Waals surface area contributed by atoms with Gasteiger partial charge in [-0.25, -0.2) is 0 Å². The summed E-state index contributed by atoms with van der Waals surface area (Å²) in [6.07, 6.45) is 14.2. The van der Waals surface area contributed by atoms with E-state index in [1.54, 1.807) is 0 Å². The topological polar surface area (TPSA) is 35.6 Å². The minimum Gasteiger partial charge on any atom is -0.356 e. The molecule has 0 unspecified atom stereocenters. The van der Waals surface area contributed by atoms with E-state index in [-0.39, 0.29) is 11.8 Å². The number of hydrogen-bond donors (Lipinski definition) is 1. The zero-order valence-corrected chi connectivity index (χ0v) is 18.7. The van der Waals surface area contributed by atoms with Crippen molar-refractivity contribution in [2.75, 3.05) is 32.7 Å². The molecule has 1 aromatic carbocycles. The van der Waals surface area contributed by atoms with Gasteiger partial charge in [0.05, 0.1) is 0 Å². The molecule has 1 N–H and O–H groups in total. The molecule has 1 amide bonds. The van der Waals surface area contributed by atoms with E-state index in [0.29, 0.717) is 0 Å². The minimum atomic E-state index is 0.211. The summed E-state index contributed by atoms with van der Waals surface area (Å²) in [6.45, 7) is 5.53. The van der Waals surface area contributed by atoms with Crippen molar-refractivity contribution in [3.63, 3.8) is 0 Å². The van der Waals surface area contributed by atoms with Crippen LogP contribution in [0, 0.1) is 5.92 Å². The Hall–Kier alpha value is -1.39. The molecule has 1 aliphatic carbocycles. The Morgan fingerprint density at radius 1 is 0.767 bits per heavy atom. The van der Waals surface area contributed by atoms with E-state index in [1.807, 2.05) is 6.07 Å². The highest BCUT2D eigenvalue weighted by Gasteiger charge is 2.32. The summed E-state index contributed by atoms with van der Waals surface area (Å²) in [5, 5.41) is 3.18. The van der Waals surface area contributed by atoms with Gasteiger partial charge in [-0.15, -0.1) is 0 Å². The molecule has 4 rings (SSSR count). The number of rotatable bonds is 6. The number of nitrogens with one attached hydrogen (secondary N) is 1. The SMILES string of the molecule is O=C(NCCc1ccccc1)C1CCN(C2CCN(C3CCCCCC3)CC2)CC1. The quantitative estimate of drug-likeness (QED) is 0.711. The Labute approximate surface area is 183 Å². The van der Waals surface area contributed by atoms with Crippen molar-refractivity contribution in [2.24, 2.45) is 5.92 Å². The standard InChI is InChI=1S/C26H41N3O/c30-26(27-17-12-22-8-4-3-5-9-22)23-13-18-28(19-14-23)25-15-20-29(21-16-25)24-10-6-1-2-7-11-24/h3-5,8-9,23-25H,1-2,6-7,10-21H2,(H,27,30). The zero-order valence-electron chi connectivity index (χ0n) is 18.7. The van der Waals surface area contributed by atoms with E-state index in [4.69, 9.17) is 0 Å². The lowest BCUT2D eigenvalue weighted by molar-refractivity contribution is -0.126. The van der Waals surface area contributed by atoms with Crippen LogP contribution in [0.1, 0.15) is 69.8 Å². The van der Waals surface area contributed by atoms with E-state index in [2.05, 4.69) is 39.4 Å². The monoisotopic (exact) mass is 411 g/mol. The smallest absolute Gasteiger partial charge is 0.223 e. The second-order valence-electron chi connectivity index (χ2n) is 9.75. The maximum absolute atomic E-state index is 12.6. The molecule has 30 heavy (non-hydrogen) atoms. The van der Waals surface area contributed by atoms with Gasteiger partial charge in [0, 0.05) is 24.5 Å². The fraction of sp³-hybridized carbons (Fsp3) is 0.731. The number of hydrogen-bond acceptors (Lipinski definition) is 3. The number of likely N-dealkylation sites (tertiary alicyclic amines) is 2. The van der Waals surface area contributed by atoms with Gasteiger partial charge < -0.3 is 15.1 Å². The fourth-order valence-electron chi connectivity index (χ4n) is 5.88. The van der Waals surface area contributed by atoms with Crippen LogP contribution in [0.4, 0.5) is 0 Å². The van der Waals surface area contributed by atoms with E-state index >= 15 is 0 Å². The van der Waals surface area contributed by atoms with E-state index in [9.17, 15) is 4.79 Å². The number of carbonyl (C=O) groups is 1. The van der Waals surface area contributed by atoms with Crippen LogP contribution in [0.25, 0.3) is 0 Å². The molecule has 0 aromatic heterocycles. The Morgan fingerprint density at radius 3 is 1.97 bits per heavy atom. The van der Waals surface area contributed by atoms with E-state index in [1.165, 1.54) is 70.0 Å². The minimum absolute atomic E-state index is 0.211. The van der Waals surface area contributed by atoms with Gasteiger partial charge in [0.15, 0.2) is 0 Å². The Morgan fingerprint density at radius 2 is 1.33 bits per heavy atom. The van der Waals surface area contributed by atoms with Crippen LogP contribution in [-0.2, 0) is 11.2 Å². The number of carbonyl (C=O) groups excluding carboxylic acids is 1. The first kappa shape index (κ1) is 21.8. The lowest BCUT2D eigenvalue weighted by Gasteiger charge is -2.43. The third-order valence-corrected chi connectivity index (χ3v) is 7.81. The molecule has 2 heterocycles. The Bertz CT molecular complexity index is 625. The van der Waals surface area contributed by atoms with Crippen LogP contribution < -0.4 is 5.32 Å². The van der Waals surface area contributed by atoms with Crippen LogP contribution in [0.3, 0.4) is 0 Å². The molecule has 3 aliphatic rings. The summed E-state index contributed by atoms with van der Waals surface area (Å²) < 4.78 is 0. The molecule has 0 atom stereocenters. The average Bonchev–Trinajstić information content (AvgIpc) is 3.10. The summed E-state index contributed by atoms with van der Waals surface area (Å²) in [4.78, 5) is 18.1. The summed E-state index contributed by atoms with van der Waals surface area (Å²) in [5.74, 6) is 0.483. The molecule has 4 nitrogen and oxygen atoms in total. The predicted octanol–water partition coefficient (Wildman–Crippen LogP) is 4.24. The lowest BCUT2D eigenvalue weighted by atomic mass is 9.92. The summed E-state index contributed by atoms with van der Waals surface area (Å²) in [6, 6.07) is 12.0. The molecule has 4 heteroatoms. The summed E-state index contributed by atoms with van der Waals surface area (Å²) in [7, 11) is 0. The van der Waals surface area contributed by atoms with Gasteiger partial charge in [0.2, 0.25) is 5.91 Å². The second-order valence-corrected chi connectivity index (χ2v) is 9.75. The normalized spacial score (nSPS) is 23.9. The van der Waals surface area contributed by atoms with Crippen LogP contribution in [0.5, 0.6) is 0 Å². The van der Waals surface area contributed by atoms with Crippen molar-refractivity contribution >= 4 is 5.91 Å². The predicted molar refractivity (Wildman–Crippen MR) is 124 cm³/mol. The molecule has 1 saturated carbocycles. The van der Waals surface area contributed by atoms with Crippen LogP contribution in [0.2, 0.25) is 0 Å². The van der Waals surface area contributed by atoms with Crippen molar-refractivity contribution in [3.8, 4) is 0 Å². The third-order valence-electron chi connectivity index (χ3n) is 7.81. The molecule has 0 spiro atoms. The first-order valence-electron chi connectivity index (χ1n) is 12.6. The largest absolute Gasteiger partial charge is 0.356 e. The van der Waals surface area contributed by atoms with Crippen LogP contribution in [-0.4, -0.2) is 60.5 Å². The average molecular weight is 412 g/mol. The van der Waals surface area contributed by atoms with Crippen molar-refractivity contribution in [1.82, 2.24) is 15.1 Å². The number of nitrogens with zero attached hydrogens (tertiary/aromatic N) is 2. The second kappa shape index (κ2) is 11.3. The highest BCUT2D eigenvalue weighted by molar-refractivity contribution is 5.78. The highest BCUT2D eigenvalue weighted by Crippen LogP contribution is 2.28. The molecular weight excluding hydrogens is 370 g/mol. The maximum atomic E-state index is 12.6. The number of amides is 1. The lowest BCUT2D eigenvalue weighted by Crippen LogP contribution is -2.51. The molecule has 166 valence electrons. The van der Waals surface area contributed by atoms with Gasteiger partial charge in [-0.1, -0.05) is 56.0 Å². The summed E-state index contributed by atoms with van der Waals surface area (Å²) >= 11 is 0. The molecule has 0 radical (unpaired) electrons. The van der Waals surface area contributed by atoms with Crippen molar-refractivity contribution in [1.29, 1.82) is 0 Å². The Balaban J connectivity index is 1.14. The molecule has 0 bridgehead atoms. The highest BCUT2D eigenvalue weighted by atomic mass is 16.1. The van der Waals surface area contributed by atoms with Crippen LogP contribution in [0.15, 0.2) is 30.3 Å². The van der Waals surface area contributed by atoms with Gasteiger partial charge in [0.25, 0.3) is 0 Å². The summed E-state index contributed by atoms with van der Waals surface area (Å²) in [5.41, 5.74) is 1.29. The van der Waals surface area contributed by atoms with E-state index < -0.39 is 0 Å². The van der Waals surface area contributed by atoms with Crippen LogP contribution >= 0.6 is 0 Å².